The molecule has 0 aliphatic carbocycles. The van der Waals surface area contributed by atoms with Crippen molar-refractivity contribution in [3.05, 3.63) is 88.0 Å². The highest BCUT2D eigenvalue weighted by Crippen LogP contribution is 2.46. The van der Waals surface area contributed by atoms with Gasteiger partial charge in [-0.05, 0) is 62.1 Å². The number of aromatic nitrogens is 1. The van der Waals surface area contributed by atoms with Gasteiger partial charge in [-0.2, -0.15) is 0 Å². The van der Waals surface area contributed by atoms with Gasteiger partial charge in [-0.1, -0.05) is 66.6 Å². The maximum Gasteiger partial charge on any atom is 0.301 e. The Hall–Kier alpha value is -4.17. The number of rotatable bonds is 8. The van der Waals surface area contributed by atoms with E-state index in [4.69, 9.17) is 14.5 Å². The quantitative estimate of drug-likeness (QED) is 0.108. The third kappa shape index (κ3) is 4.95. The van der Waals surface area contributed by atoms with Crippen LogP contribution in [-0.4, -0.2) is 35.5 Å². The number of ether oxygens (including phenoxy) is 2. The Morgan fingerprint density at radius 2 is 1.75 bits per heavy atom. The van der Waals surface area contributed by atoms with Crippen molar-refractivity contribution in [2.24, 2.45) is 0 Å². The van der Waals surface area contributed by atoms with Crippen LogP contribution in [0.1, 0.15) is 53.6 Å². The van der Waals surface area contributed by atoms with Gasteiger partial charge in [0.15, 0.2) is 16.6 Å². The maximum atomic E-state index is 13.7. The Morgan fingerprint density at radius 3 is 2.45 bits per heavy atom. The zero-order valence-corrected chi connectivity index (χ0v) is 24.1. The van der Waals surface area contributed by atoms with E-state index in [1.807, 2.05) is 45.0 Å². The molecule has 1 aromatic heterocycles. The Kier molecular flexibility index (Phi) is 7.63. The van der Waals surface area contributed by atoms with Crippen LogP contribution < -0.4 is 14.4 Å². The van der Waals surface area contributed by atoms with Gasteiger partial charge >= 0.3 is 5.91 Å². The van der Waals surface area contributed by atoms with Crippen molar-refractivity contribution in [2.75, 3.05) is 18.6 Å². The van der Waals surface area contributed by atoms with Gasteiger partial charge in [-0.15, -0.1) is 0 Å². The monoisotopic (exact) mass is 556 g/mol. The minimum Gasteiger partial charge on any atom is -0.507 e. The molecule has 1 unspecified atom stereocenters. The maximum absolute atomic E-state index is 13.7. The molecule has 1 amide bonds. The molecule has 7 nitrogen and oxygen atoms in total. The van der Waals surface area contributed by atoms with Gasteiger partial charge in [0.2, 0.25) is 0 Å². The van der Waals surface area contributed by atoms with E-state index < -0.39 is 17.7 Å². The molecule has 1 aliphatic heterocycles. The molecule has 4 aromatic rings. The van der Waals surface area contributed by atoms with E-state index in [9.17, 15) is 14.7 Å². The SMILES string of the molecule is CCCCOc1ccc(C2C(=C(O)c3ccc(C)cc3)C(=O)C(=O)N2c2nc3c(C)cc(C)cc3s2)cc1OC. The lowest BCUT2D eigenvalue weighted by molar-refractivity contribution is -0.132. The van der Waals surface area contributed by atoms with Crippen LogP contribution in [0, 0.1) is 20.8 Å². The summed E-state index contributed by atoms with van der Waals surface area (Å²) < 4.78 is 12.5. The highest BCUT2D eigenvalue weighted by atomic mass is 32.1. The van der Waals surface area contributed by atoms with Gasteiger partial charge in [0, 0.05) is 5.56 Å². The molecule has 206 valence electrons. The number of aliphatic hydroxyl groups is 1. The number of amides is 1. The molecule has 0 radical (unpaired) electrons. The number of hydrogen-bond donors (Lipinski definition) is 1. The summed E-state index contributed by atoms with van der Waals surface area (Å²) in [6, 6.07) is 15.7. The first kappa shape index (κ1) is 27.4. The lowest BCUT2D eigenvalue weighted by Crippen LogP contribution is -2.29. The van der Waals surface area contributed by atoms with E-state index >= 15 is 0 Å². The first-order valence-electron chi connectivity index (χ1n) is 13.3. The summed E-state index contributed by atoms with van der Waals surface area (Å²) in [6.45, 7) is 8.56. The summed E-state index contributed by atoms with van der Waals surface area (Å²) >= 11 is 1.35. The third-order valence-electron chi connectivity index (χ3n) is 7.05. The minimum absolute atomic E-state index is 0.00251. The number of aryl methyl sites for hydroxylation is 3. The first-order chi connectivity index (χ1) is 19.2. The number of unbranched alkanes of at least 4 members (excludes halogenated alkanes) is 1. The average Bonchev–Trinajstić information content (AvgIpc) is 3.47. The lowest BCUT2D eigenvalue weighted by Gasteiger charge is -2.24. The number of benzene rings is 3. The molecular formula is C32H32N2O5S. The predicted molar refractivity (Wildman–Crippen MR) is 158 cm³/mol. The second-order valence-corrected chi connectivity index (χ2v) is 11.1. The first-order valence-corrected chi connectivity index (χ1v) is 14.1. The van der Waals surface area contributed by atoms with Crippen LogP contribution in [-0.2, 0) is 9.59 Å². The van der Waals surface area contributed by atoms with Crippen LogP contribution in [0.25, 0.3) is 16.0 Å². The molecule has 40 heavy (non-hydrogen) atoms. The topological polar surface area (TPSA) is 89.0 Å². The summed E-state index contributed by atoms with van der Waals surface area (Å²) in [6.07, 6.45) is 1.90. The highest BCUT2D eigenvalue weighted by molar-refractivity contribution is 7.22. The van der Waals surface area contributed by atoms with E-state index in [0.717, 1.165) is 39.7 Å². The molecule has 1 fully saturated rings. The Morgan fingerprint density at radius 1 is 1.00 bits per heavy atom. The number of fused-ring (bicyclic) bond motifs is 1. The van der Waals surface area contributed by atoms with Gasteiger partial charge in [-0.3, -0.25) is 14.5 Å². The third-order valence-corrected chi connectivity index (χ3v) is 8.05. The number of aliphatic hydroxyl groups excluding tert-OH is 1. The van der Waals surface area contributed by atoms with Crippen LogP contribution in [0.4, 0.5) is 5.13 Å². The zero-order chi connectivity index (χ0) is 28.6. The molecule has 1 saturated heterocycles. The van der Waals surface area contributed by atoms with Crippen LogP contribution in [0.5, 0.6) is 11.5 Å². The normalized spacial score (nSPS) is 16.6. The molecule has 0 saturated carbocycles. The van der Waals surface area contributed by atoms with Gasteiger partial charge < -0.3 is 14.6 Å². The summed E-state index contributed by atoms with van der Waals surface area (Å²) in [5.41, 5.74) is 4.92. The Labute approximate surface area is 237 Å². The van der Waals surface area contributed by atoms with Gasteiger partial charge in [0.1, 0.15) is 5.76 Å². The molecule has 1 aliphatic rings. The summed E-state index contributed by atoms with van der Waals surface area (Å²) in [7, 11) is 1.55. The predicted octanol–water partition coefficient (Wildman–Crippen LogP) is 7.04. The average molecular weight is 557 g/mol. The summed E-state index contributed by atoms with van der Waals surface area (Å²) in [4.78, 5) is 33.4. The molecule has 0 bridgehead atoms. The van der Waals surface area contributed by atoms with Crippen molar-refractivity contribution in [1.82, 2.24) is 4.98 Å². The second-order valence-electron chi connectivity index (χ2n) is 10.1. The van der Waals surface area contributed by atoms with Crippen LogP contribution in [0.3, 0.4) is 0 Å². The number of thiazole rings is 1. The minimum atomic E-state index is -0.915. The molecule has 2 heterocycles. The van der Waals surface area contributed by atoms with Crippen LogP contribution in [0.15, 0.2) is 60.2 Å². The number of anilines is 1. The fourth-order valence-corrected chi connectivity index (χ4v) is 6.14. The molecule has 5 rings (SSSR count). The fraction of sp³-hybridized carbons (Fsp3) is 0.281. The van der Waals surface area contributed by atoms with E-state index in [-0.39, 0.29) is 11.3 Å². The van der Waals surface area contributed by atoms with E-state index in [2.05, 4.69) is 6.92 Å². The number of methoxy groups -OCH3 is 1. The second kappa shape index (κ2) is 11.1. The molecule has 3 aromatic carbocycles. The van der Waals surface area contributed by atoms with E-state index in [0.29, 0.717) is 34.4 Å². The molecular weight excluding hydrogens is 524 g/mol. The van der Waals surface area contributed by atoms with E-state index in [1.165, 1.54) is 16.2 Å². The number of hydrogen-bond acceptors (Lipinski definition) is 7. The standard InChI is InChI=1S/C32H32N2O5S/c1-6-7-14-39-23-13-12-22(17-24(23)38-5)28-26(29(35)21-10-8-18(2)9-11-21)30(36)31(37)34(28)32-33-27-20(4)15-19(3)16-25(27)40-32/h8-13,15-17,28,35H,6-7,14H2,1-5H3. The Bertz CT molecular complexity index is 1640. The van der Waals surface area contributed by atoms with Crippen molar-refractivity contribution in [1.29, 1.82) is 0 Å². The number of nitrogens with zero attached hydrogens (tertiary/aromatic N) is 2. The number of Topliss-reactive ketones (excluding diaryl/α,β-unsaturated/α-hetero) is 1. The van der Waals surface area contributed by atoms with E-state index in [1.54, 1.807) is 37.4 Å². The molecule has 0 spiro atoms. The largest absolute Gasteiger partial charge is 0.507 e. The summed E-state index contributed by atoms with van der Waals surface area (Å²) in [5, 5.41) is 11.8. The smallest absolute Gasteiger partial charge is 0.301 e. The molecule has 1 N–H and O–H groups in total. The molecule has 1 atom stereocenters. The van der Waals surface area contributed by atoms with Crippen molar-refractivity contribution in [2.45, 2.75) is 46.6 Å². The lowest BCUT2D eigenvalue weighted by atomic mass is 9.95. The number of ketones is 1. The zero-order valence-electron chi connectivity index (χ0n) is 23.3. The highest BCUT2D eigenvalue weighted by Gasteiger charge is 2.48. The van der Waals surface area contributed by atoms with Crippen molar-refractivity contribution < 1.29 is 24.2 Å². The number of carbonyl (C=O) groups is 2. The van der Waals surface area contributed by atoms with Gasteiger partial charge in [-0.25, -0.2) is 4.98 Å². The van der Waals surface area contributed by atoms with Gasteiger partial charge in [0.05, 0.1) is 35.5 Å². The number of carbonyl (C=O) groups excluding carboxylic acids is 2. The summed E-state index contributed by atoms with van der Waals surface area (Å²) in [5.74, 6) is -0.695. The van der Waals surface area contributed by atoms with Crippen molar-refractivity contribution in [3.8, 4) is 11.5 Å². The van der Waals surface area contributed by atoms with Gasteiger partial charge in [0.25, 0.3) is 5.78 Å². The fourth-order valence-electron chi connectivity index (χ4n) is 4.97. The van der Waals surface area contributed by atoms with Crippen LogP contribution >= 0.6 is 11.3 Å². The Balaban J connectivity index is 1.70. The molecule has 8 heteroatoms. The van der Waals surface area contributed by atoms with Crippen molar-refractivity contribution >= 4 is 44.1 Å². The van der Waals surface area contributed by atoms with Crippen molar-refractivity contribution in [3.63, 3.8) is 0 Å². The van der Waals surface area contributed by atoms with Crippen LogP contribution in [0.2, 0.25) is 0 Å².